The fraction of sp³-hybridized carbons (Fsp3) is 0.462. The molecule has 0 saturated heterocycles. The smallest absolute Gasteiger partial charge is 0.416 e. The standard InChI is InChI=1S/C13H15ClF3NO2/c1-7(12(19)20-3)8(2)18-11-5-9(13(15,16)17)4-10(14)6-11/h4-8,18H,1-3H3. The highest BCUT2D eigenvalue weighted by molar-refractivity contribution is 6.30. The maximum Gasteiger partial charge on any atom is 0.416 e. The van der Waals surface area contributed by atoms with Gasteiger partial charge in [-0.05, 0) is 32.0 Å². The number of alkyl halides is 3. The van der Waals surface area contributed by atoms with Gasteiger partial charge in [-0.3, -0.25) is 4.79 Å². The number of hydrogen-bond acceptors (Lipinski definition) is 3. The van der Waals surface area contributed by atoms with Crippen LogP contribution in [0.4, 0.5) is 18.9 Å². The van der Waals surface area contributed by atoms with Crippen molar-refractivity contribution in [3.05, 3.63) is 28.8 Å². The molecule has 3 nitrogen and oxygen atoms in total. The van der Waals surface area contributed by atoms with E-state index >= 15 is 0 Å². The molecule has 20 heavy (non-hydrogen) atoms. The minimum Gasteiger partial charge on any atom is -0.469 e. The zero-order valence-corrected chi connectivity index (χ0v) is 12.0. The van der Waals surface area contributed by atoms with Crippen LogP contribution >= 0.6 is 11.6 Å². The Labute approximate surface area is 120 Å². The summed E-state index contributed by atoms with van der Waals surface area (Å²) in [5.41, 5.74) is -0.640. The van der Waals surface area contributed by atoms with Crippen LogP contribution in [-0.4, -0.2) is 19.1 Å². The van der Waals surface area contributed by atoms with Crippen molar-refractivity contribution in [3.63, 3.8) is 0 Å². The molecule has 1 N–H and O–H groups in total. The van der Waals surface area contributed by atoms with Crippen molar-refractivity contribution in [2.24, 2.45) is 5.92 Å². The SMILES string of the molecule is COC(=O)C(C)C(C)Nc1cc(Cl)cc(C(F)(F)F)c1. The quantitative estimate of drug-likeness (QED) is 0.855. The van der Waals surface area contributed by atoms with Gasteiger partial charge in [-0.25, -0.2) is 0 Å². The summed E-state index contributed by atoms with van der Waals surface area (Å²) < 4.78 is 42.6. The van der Waals surface area contributed by atoms with E-state index in [1.54, 1.807) is 13.8 Å². The molecule has 0 aliphatic carbocycles. The molecule has 2 atom stereocenters. The molecule has 7 heteroatoms. The van der Waals surface area contributed by atoms with E-state index in [1.807, 2.05) is 0 Å². The van der Waals surface area contributed by atoms with Crippen LogP contribution in [0.2, 0.25) is 5.02 Å². The molecule has 0 fully saturated rings. The Hall–Kier alpha value is -1.43. The van der Waals surface area contributed by atoms with Crippen LogP contribution in [0.5, 0.6) is 0 Å². The number of nitrogens with one attached hydrogen (secondary N) is 1. The number of esters is 1. The normalized spacial score (nSPS) is 14.6. The molecule has 0 spiro atoms. The number of carbonyl (C=O) groups excluding carboxylic acids is 1. The van der Waals surface area contributed by atoms with Crippen molar-refractivity contribution < 1.29 is 22.7 Å². The van der Waals surface area contributed by atoms with Crippen molar-refractivity contribution in [2.75, 3.05) is 12.4 Å². The lowest BCUT2D eigenvalue weighted by molar-refractivity contribution is -0.145. The second-order valence-corrected chi connectivity index (χ2v) is 4.91. The van der Waals surface area contributed by atoms with Gasteiger partial charge in [-0.2, -0.15) is 13.2 Å². The van der Waals surface area contributed by atoms with Gasteiger partial charge in [0.1, 0.15) is 0 Å². The van der Waals surface area contributed by atoms with Gasteiger partial charge in [0.15, 0.2) is 0 Å². The van der Waals surface area contributed by atoms with Crippen LogP contribution in [0, 0.1) is 5.92 Å². The molecule has 0 bridgehead atoms. The molecule has 112 valence electrons. The molecule has 1 rings (SSSR count). The van der Waals surface area contributed by atoms with Gasteiger partial charge in [0, 0.05) is 16.8 Å². The highest BCUT2D eigenvalue weighted by atomic mass is 35.5. The summed E-state index contributed by atoms with van der Waals surface area (Å²) in [7, 11) is 1.26. The number of methoxy groups -OCH3 is 1. The molecule has 0 amide bonds. The third kappa shape index (κ3) is 4.30. The zero-order chi connectivity index (χ0) is 15.5. The number of ether oxygens (including phenoxy) is 1. The first-order valence-corrected chi connectivity index (χ1v) is 6.25. The highest BCUT2D eigenvalue weighted by Crippen LogP contribution is 2.33. The third-order valence-corrected chi connectivity index (χ3v) is 3.16. The van der Waals surface area contributed by atoms with Gasteiger partial charge in [-0.15, -0.1) is 0 Å². The summed E-state index contributed by atoms with van der Waals surface area (Å²) in [6, 6.07) is 2.77. The van der Waals surface area contributed by atoms with Crippen molar-refractivity contribution in [1.29, 1.82) is 0 Å². The van der Waals surface area contributed by atoms with Crippen LogP contribution in [0.25, 0.3) is 0 Å². The Morgan fingerprint density at radius 1 is 1.30 bits per heavy atom. The highest BCUT2D eigenvalue weighted by Gasteiger charge is 2.31. The Morgan fingerprint density at radius 3 is 2.40 bits per heavy atom. The van der Waals surface area contributed by atoms with Gasteiger partial charge in [-0.1, -0.05) is 11.6 Å². The summed E-state index contributed by atoms with van der Waals surface area (Å²) in [4.78, 5) is 11.4. The predicted octanol–water partition coefficient (Wildman–Crippen LogP) is 3.97. The van der Waals surface area contributed by atoms with Gasteiger partial charge in [0.05, 0.1) is 18.6 Å². The first kappa shape index (κ1) is 16.6. The average Bonchev–Trinajstić information content (AvgIpc) is 2.35. The van der Waals surface area contributed by atoms with Crippen molar-refractivity contribution >= 4 is 23.3 Å². The summed E-state index contributed by atoms with van der Waals surface area (Å²) in [6.07, 6.45) is -4.47. The van der Waals surface area contributed by atoms with Crippen LogP contribution in [0.3, 0.4) is 0 Å². The van der Waals surface area contributed by atoms with E-state index in [-0.39, 0.29) is 10.7 Å². The Balaban J connectivity index is 2.93. The molecular weight excluding hydrogens is 295 g/mol. The van der Waals surface area contributed by atoms with Gasteiger partial charge >= 0.3 is 12.1 Å². The van der Waals surface area contributed by atoms with Crippen LogP contribution in [0.15, 0.2) is 18.2 Å². The van der Waals surface area contributed by atoms with Crippen LogP contribution in [0.1, 0.15) is 19.4 Å². The van der Waals surface area contributed by atoms with Crippen molar-refractivity contribution in [1.82, 2.24) is 0 Å². The second kappa shape index (κ2) is 6.35. The van der Waals surface area contributed by atoms with E-state index in [4.69, 9.17) is 11.6 Å². The first-order chi connectivity index (χ1) is 9.15. The van der Waals surface area contributed by atoms with Crippen LogP contribution < -0.4 is 5.32 Å². The van der Waals surface area contributed by atoms with E-state index in [1.165, 1.54) is 13.2 Å². The molecule has 0 aromatic heterocycles. The summed E-state index contributed by atoms with van der Waals surface area (Å²) in [5.74, 6) is -0.948. The van der Waals surface area contributed by atoms with Crippen LogP contribution in [-0.2, 0) is 15.7 Å². The monoisotopic (exact) mass is 309 g/mol. The van der Waals surface area contributed by atoms with Gasteiger partial charge < -0.3 is 10.1 Å². The fourth-order valence-electron chi connectivity index (χ4n) is 1.61. The molecule has 0 aliphatic heterocycles. The Bertz CT molecular complexity index is 491. The minimum atomic E-state index is -4.47. The van der Waals surface area contributed by atoms with E-state index in [0.717, 1.165) is 12.1 Å². The molecular formula is C13H15ClF3NO2. The van der Waals surface area contributed by atoms with E-state index in [2.05, 4.69) is 10.1 Å². The largest absolute Gasteiger partial charge is 0.469 e. The number of hydrogen-bond donors (Lipinski definition) is 1. The Kier molecular flexibility index (Phi) is 5.28. The molecule has 1 aromatic carbocycles. The molecule has 0 heterocycles. The summed E-state index contributed by atoms with van der Waals surface area (Å²) in [5, 5.41) is 2.80. The van der Waals surface area contributed by atoms with E-state index < -0.39 is 29.7 Å². The molecule has 0 saturated carbocycles. The minimum absolute atomic E-state index is 0.0275. The molecule has 0 aliphatic rings. The number of halogens is 4. The summed E-state index contributed by atoms with van der Waals surface area (Å²) >= 11 is 5.68. The summed E-state index contributed by atoms with van der Waals surface area (Å²) in [6.45, 7) is 3.30. The second-order valence-electron chi connectivity index (χ2n) is 4.47. The molecule has 2 unspecified atom stereocenters. The zero-order valence-electron chi connectivity index (χ0n) is 11.2. The van der Waals surface area contributed by atoms with E-state index in [0.29, 0.717) is 0 Å². The predicted molar refractivity (Wildman–Crippen MR) is 70.7 cm³/mol. The van der Waals surface area contributed by atoms with Gasteiger partial charge in [0.25, 0.3) is 0 Å². The Morgan fingerprint density at radius 2 is 1.90 bits per heavy atom. The maximum absolute atomic E-state index is 12.7. The maximum atomic E-state index is 12.7. The topological polar surface area (TPSA) is 38.3 Å². The number of benzene rings is 1. The fourth-order valence-corrected chi connectivity index (χ4v) is 1.85. The number of anilines is 1. The first-order valence-electron chi connectivity index (χ1n) is 5.87. The third-order valence-electron chi connectivity index (χ3n) is 2.94. The van der Waals surface area contributed by atoms with Crippen molar-refractivity contribution in [3.8, 4) is 0 Å². The van der Waals surface area contributed by atoms with Gasteiger partial charge in [0.2, 0.25) is 0 Å². The van der Waals surface area contributed by atoms with Crippen molar-refractivity contribution in [2.45, 2.75) is 26.1 Å². The number of rotatable bonds is 4. The molecule has 0 radical (unpaired) electrons. The molecule has 1 aromatic rings. The average molecular weight is 310 g/mol. The lowest BCUT2D eigenvalue weighted by Crippen LogP contribution is -2.30. The number of carbonyl (C=O) groups is 1. The lowest BCUT2D eigenvalue weighted by Gasteiger charge is -2.21. The lowest BCUT2D eigenvalue weighted by atomic mass is 10.0. The van der Waals surface area contributed by atoms with E-state index in [9.17, 15) is 18.0 Å².